The van der Waals surface area contributed by atoms with Gasteiger partial charge in [-0.2, -0.15) is 0 Å². The lowest BCUT2D eigenvalue weighted by Crippen LogP contribution is -2.43. The first kappa shape index (κ1) is 11.7. The third-order valence-electron chi connectivity index (χ3n) is 2.79. The number of hydrogen-bond donors (Lipinski definition) is 1. The van der Waals surface area contributed by atoms with Gasteiger partial charge in [0.1, 0.15) is 6.10 Å². The molecule has 1 fully saturated rings. The summed E-state index contributed by atoms with van der Waals surface area (Å²) in [6, 6.07) is 4.92. The van der Waals surface area contributed by atoms with Crippen molar-refractivity contribution < 1.29 is 14.4 Å². The minimum absolute atomic E-state index is 0.0317. The van der Waals surface area contributed by atoms with Crippen molar-refractivity contribution in [3.63, 3.8) is 0 Å². The van der Waals surface area contributed by atoms with Gasteiger partial charge in [0.25, 0.3) is 0 Å². The number of methoxy groups -OCH3 is 1. The fourth-order valence-corrected chi connectivity index (χ4v) is 1.82. The van der Waals surface area contributed by atoms with E-state index in [4.69, 9.17) is 15.2 Å². The Kier molecular flexibility index (Phi) is 3.14. The maximum absolute atomic E-state index is 11.0. The third-order valence-corrected chi connectivity index (χ3v) is 2.79. The smallest absolute Gasteiger partial charge is 0.352 e. The van der Waals surface area contributed by atoms with Crippen molar-refractivity contribution in [2.45, 2.75) is 25.0 Å². The van der Waals surface area contributed by atoms with Gasteiger partial charge in [-0.3, -0.25) is 10.1 Å². The molecule has 1 saturated carbocycles. The molecule has 0 heterocycles. The highest BCUT2D eigenvalue weighted by Gasteiger charge is 2.31. The van der Waals surface area contributed by atoms with E-state index in [1.54, 1.807) is 12.1 Å². The Bertz CT molecular complexity index is 429. The number of rotatable bonds is 4. The lowest BCUT2D eigenvalue weighted by molar-refractivity contribution is -0.387. The Hall–Kier alpha value is -1.82. The number of nitro benzene ring substituents is 1. The predicted octanol–water partition coefficient (Wildman–Crippen LogP) is 1.47. The summed E-state index contributed by atoms with van der Waals surface area (Å²) in [6.45, 7) is 0. The average Bonchev–Trinajstić information content (AvgIpc) is 2.26. The zero-order chi connectivity index (χ0) is 12.4. The molecule has 0 aromatic heterocycles. The highest BCUT2D eigenvalue weighted by atomic mass is 16.6. The van der Waals surface area contributed by atoms with Crippen molar-refractivity contribution in [2.24, 2.45) is 5.73 Å². The van der Waals surface area contributed by atoms with Crippen molar-refractivity contribution >= 4 is 5.69 Å². The fraction of sp³-hybridized carbons (Fsp3) is 0.455. The van der Waals surface area contributed by atoms with Gasteiger partial charge < -0.3 is 15.2 Å². The Balaban J connectivity index is 2.23. The second-order valence-electron chi connectivity index (χ2n) is 4.04. The minimum atomic E-state index is -0.493. The molecule has 1 aliphatic carbocycles. The Labute approximate surface area is 98.5 Å². The molecule has 0 saturated heterocycles. The molecule has 1 aliphatic rings. The SMILES string of the molecule is COc1cccc(OC2CC(N)C2)c1[N+](=O)[O-]. The molecule has 6 heteroatoms. The molecular weight excluding hydrogens is 224 g/mol. The summed E-state index contributed by atoms with van der Waals surface area (Å²) in [5, 5.41) is 11.0. The Morgan fingerprint density at radius 2 is 2.06 bits per heavy atom. The number of hydrogen-bond acceptors (Lipinski definition) is 5. The number of nitrogens with two attached hydrogens (primary N) is 1. The number of ether oxygens (including phenoxy) is 2. The van der Waals surface area contributed by atoms with E-state index in [2.05, 4.69) is 0 Å². The molecule has 92 valence electrons. The molecule has 1 aromatic rings. The van der Waals surface area contributed by atoms with Crippen LogP contribution >= 0.6 is 0 Å². The molecule has 0 bridgehead atoms. The van der Waals surface area contributed by atoms with Gasteiger partial charge in [-0.15, -0.1) is 0 Å². The summed E-state index contributed by atoms with van der Waals surface area (Å²) >= 11 is 0. The van der Waals surface area contributed by atoms with Crippen LogP contribution in [-0.2, 0) is 0 Å². The van der Waals surface area contributed by atoms with Crippen LogP contribution in [-0.4, -0.2) is 24.2 Å². The first-order valence-electron chi connectivity index (χ1n) is 5.35. The summed E-state index contributed by atoms with van der Waals surface area (Å²) in [5.41, 5.74) is 5.51. The molecule has 17 heavy (non-hydrogen) atoms. The number of nitrogens with zero attached hydrogens (tertiary/aromatic N) is 1. The zero-order valence-corrected chi connectivity index (χ0v) is 9.46. The van der Waals surface area contributed by atoms with E-state index in [-0.39, 0.29) is 29.3 Å². The summed E-state index contributed by atoms with van der Waals surface area (Å²) < 4.78 is 10.5. The number of benzene rings is 1. The average molecular weight is 238 g/mol. The van der Waals surface area contributed by atoms with Crippen LogP contribution in [0.1, 0.15) is 12.8 Å². The Morgan fingerprint density at radius 3 is 2.59 bits per heavy atom. The zero-order valence-electron chi connectivity index (χ0n) is 9.46. The first-order chi connectivity index (χ1) is 8.11. The molecule has 0 atom stereocenters. The molecule has 6 nitrogen and oxygen atoms in total. The lowest BCUT2D eigenvalue weighted by atomic mass is 9.90. The highest BCUT2D eigenvalue weighted by Crippen LogP contribution is 2.38. The predicted molar refractivity (Wildman–Crippen MR) is 61.3 cm³/mol. The molecule has 0 spiro atoms. The second kappa shape index (κ2) is 4.58. The van der Waals surface area contributed by atoms with Gasteiger partial charge in [0.15, 0.2) is 0 Å². The molecule has 2 rings (SSSR count). The van der Waals surface area contributed by atoms with E-state index in [0.717, 1.165) is 12.8 Å². The van der Waals surface area contributed by atoms with Crippen molar-refractivity contribution in [2.75, 3.05) is 7.11 Å². The Morgan fingerprint density at radius 1 is 1.41 bits per heavy atom. The summed E-state index contributed by atoms with van der Waals surface area (Å²) in [7, 11) is 1.39. The fourth-order valence-electron chi connectivity index (χ4n) is 1.82. The van der Waals surface area contributed by atoms with Crippen LogP contribution in [0.15, 0.2) is 18.2 Å². The van der Waals surface area contributed by atoms with E-state index >= 15 is 0 Å². The van der Waals surface area contributed by atoms with Crippen LogP contribution in [0.3, 0.4) is 0 Å². The molecule has 0 amide bonds. The van der Waals surface area contributed by atoms with Gasteiger partial charge in [-0.1, -0.05) is 6.07 Å². The van der Waals surface area contributed by atoms with Gasteiger partial charge in [0.2, 0.25) is 11.5 Å². The van der Waals surface area contributed by atoms with E-state index in [0.29, 0.717) is 0 Å². The van der Waals surface area contributed by atoms with Crippen molar-refractivity contribution in [1.82, 2.24) is 0 Å². The minimum Gasteiger partial charge on any atom is -0.490 e. The normalized spacial score (nSPS) is 22.7. The van der Waals surface area contributed by atoms with Crippen LogP contribution in [0.5, 0.6) is 11.5 Å². The van der Waals surface area contributed by atoms with Gasteiger partial charge >= 0.3 is 5.69 Å². The van der Waals surface area contributed by atoms with Crippen LogP contribution in [0.25, 0.3) is 0 Å². The van der Waals surface area contributed by atoms with Crippen molar-refractivity contribution in [3.8, 4) is 11.5 Å². The quantitative estimate of drug-likeness (QED) is 0.634. The van der Waals surface area contributed by atoms with E-state index in [9.17, 15) is 10.1 Å². The van der Waals surface area contributed by atoms with Crippen molar-refractivity contribution in [1.29, 1.82) is 0 Å². The van der Waals surface area contributed by atoms with E-state index in [1.165, 1.54) is 13.2 Å². The van der Waals surface area contributed by atoms with Gasteiger partial charge in [-0.25, -0.2) is 0 Å². The van der Waals surface area contributed by atoms with Gasteiger partial charge in [0.05, 0.1) is 12.0 Å². The number of nitro groups is 1. The summed E-state index contributed by atoms with van der Waals surface area (Å²) in [4.78, 5) is 10.5. The standard InChI is InChI=1S/C11H14N2O4/c1-16-9-3-2-4-10(11(9)13(14)15)17-8-5-7(12)6-8/h2-4,7-8H,5-6,12H2,1H3. The van der Waals surface area contributed by atoms with Crippen LogP contribution in [0.2, 0.25) is 0 Å². The summed E-state index contributed by atoms with van der Waals surface area (Å²) in [5.74, 6) is 0.447. The van der Waals surface area contributed by atoms with Gasteiger partial charge in [0, 0.05) is 6.04 Å². The molecular formula is C11H14N2O4. The van der Waals surface area contributed by atoms with Crippen LogP contribution < -0.4 is 15.2 Å². The maximum atomic E-state index is 11.0. The van der Waals surface area contributed by atoms with Crippen LogP contribution in [0, 0.1) is 10.1 Å². The highest BCUT2D eigenvalue weighted by molar-refractivity contribution is 5.57. The molecule has 0 unspecified atom stereocenters. The number of para-hydroxylation sites is 1. The van der Waals surface area contributed by atoms with E-state index < -0.39 is 4.92 Å². The maximum Gasteiger partial charge on any atom is 0.352 e. The molecule has 0 radical (unpaired) electrons. The van der Waals surface area contributed by atoms with E-state index in [1.807, 2.05) is 0 Å². The third kappa shape index (κ3) is 2.31. The molecule has 2 N–H and O–H groups in total. The lowest BCUT2D eigenvalue weighted by Gasteiger charge is -2.32. The first-order valence-corrected chi connectivity index (χ1v) is 5.35. The second-order valence-corrected chi connectivity index (χ2v) is 4.04. The molecule has 0 aliphatic heterocycles. The molecule has 1 aromatic carbocycles. The van der Waals surface area contributed by atoms with Gasteiger partial charge in [-0.05, 0) is 25.0 Å². The summed E-state index contributed by atoms with van der Waals surface area (Å²) in [6.07, 6.45) is 1.43. The topological polar surface area (TPSA) is 87.6 Å². The van der Waals surface area contributed by atoms with Crippen LogP contribution in [0.4, 0.5) is 5.69 Å². The van der Waals surface area contributed by atoms with Crippen molar-refractivity contribution in [3.05, 3.63) is 28.3 Å². The largest absolute Gasteiger partial charge is 0.490 e. The monoisotopic (exact) mass is 238 g/mol.